The molecule has 0 saturated carbocycles. The predicted molar refractivity (Wildman–Crippen MR) is 127 cm³/mol. The number of nitrogens with zero attached hydrogens (tertiary/aromatic N) is 3. The van der Waals surface area contributed by atoms with Crippen molar-refractivity contribution in [2.75, 3.05) is 5.32 Å². The van der Waals surface area contributed by atoms with Gasteiger partial charge in [0.1, 0.15) is 18.1 Å². The van der Waals surface area contributed by atoms with Crippen LogP contribution in [0.3, 0.4) is 0 Å². The Hall–Kier alpha value is -3.87. The van der Waals surface area contributed by atoms with E-state index in [2.05, 4.69) is 34.6 Å². The molecule has 0 spiro atoms. The van der Waals surface area contributed by atoms with Crippen LogP contribution in [0.15, 0.2) is 53.1 Å². The van der Waals surface area contributed by atoms with Crippen molar-refractivity contribution in [2.45, 2.75) is 47.8 Å². The summed E-state index contributed by atoms with van der Waals surface area (Å²) in [7, 11) is 0. The summed E-state index contributed by atoms with van der Waals surface area (Å²) in [5.74, 6) is 0.920. The van der Waals surface area contributed by atoms with Crippen LogP contribution in [0.4, 0.5) is 5.69 Å². The monoisotopic (exact) mass is 444 g/mol. The maximum Gasteiger partial charge on any atom is 0.278 e. The van der Waals surface area contributed by atoms with E-state index in [9.17, 15) is 4.79 Å². The number of aromatic nitrogens is 3. The number of carbonyl (C=O) groups is 1. The third-order valence-corrected chi connectivity index (χ3v) is 5.81. The fourth-order valence-corrected chi connectivity index (χ4v) is 3.68. The summed E-state index contributed by atoms with van der Waals surface area (Å²) < 4.78 is 13.1. The number of anilines is 1. The molecule has 33 heavy (non-hydrogen) atoms. The van der Waals surface area contributed by atoms with E-state index in [1.807, 2.05) is 61.9 Å². The summed E-state index contributed by atoms with van der Waals surface area (Å²) in [5.41, 5.74) is 6.67. The number of amides is 1. The Kier molecular flexibility index (Phi) is 6.31. The minimum absolute atomic E-state index is 0.186. The van der Waals surface area contributed by atoms with Gasteiger partial charge in [-0.15, -0.1) is 0 Å². The van der Waals surface area contributed by atoms with E-state index >= 15 is 0 Å². The molecular formula is C26H28N4O3. The summed E-state index contributed by atoms with van der Waals surface area (Å²) >= 11 is 0. The molecule has 4 aromatic rings. The first-order valence-corrected chi connectivity index (χ1v) is 10.9. The SMILES string of the molecule is Cc1ccc(OCc2c(C(=O)Nc3c(C)nn(Cc4ccccc4C)c3C)noc2C)cc1. The van der Waals surface area contributed by atoms with E-state index in [4.69, 9.17) is 9.26 Å². The van der Waals surface area contributed by atoms with Gasteiger partial charge in [-0.25, -0.2) is 0 Å². The van der Waals surface area contributed by atoms with Crippen molar-refractivity contribution in [1.82, 2.24) is 14.9 Å². The number of benzene rings is 2. The molecule has 0 aliphatic rings. The van der Waals surface area contributed by atoms with Crippen LogP contribution >= 0.6 is 0 Å². The molecule has 0 unspecified atom stereocenters. The van der Waals surface area contributed by atoms with Crippen molar-refractivity contribution in [1.29, 1.82) is 0 Å². The van der Waals surface area contributed by atoms with E-state index < -0.39 is 0 Å². The molecule has 0 saturated heterocycles. The number of hydrogen-bond acceptors (Lipinski definition) is 5. The average Bonchev–Trinajstić information content (AvgIpc) is 3.29. The Bertz CT molecular complexity index is 1290. The fraction of sp³-hybridized carbons (Fsp3) is 0.269. The van der Waals surface area contributed by atoms with Crippen LogP contribution < -0.4 is 10.1 Å². The highest BCUT2D eigenvalue weighted by molar-refractivity contribution is 6.04. The van der Waals surface area contributed by atoms with Crippen molar-refractivity contribution in [3.05, 3.63) is 93.6 Å². The van der Waals surface area contributed by atoms with Gasteiger partial charge in [0.15, 0.2) is 5.69 Å². The third-order valence-electron chi connectivity index (χ3n) is 5.81. The van der Waals surface area contributed by atoms with E-state index in [0.717, 1.165) is 22.7 Å². The zero-order valence-corrected chi connectivity index (χ0v) is 19.6. The number of hydrogen-bond donors (Lipinski definition) is 1. The quantitative estimate of drug-likeness (QED) is 0.419. The van der Waals surface area contributed by atoms with Gasteiger partial charge in [0.25, 0.3) is 5.91 Å². The Morgan fingerprint density at radius 1 is 1.03 bits per heavy atom. The van der Waals surface area contributed by atoms with E-state index in [1.54, 1.807) is 6.92 Å². The van der Waals surface area contributed by atoms with Gasteiger partial charge in [0.2, 0.25) is 0 Å². The van der Waals surface area contributed by atoms with Crippen LogP contribution in [0.1, 0.15) is 49.9 Å². The third kappa shape index (κ3) is 4.82. The number of rotatable bonds is 7. The molecule has 2 aromatic heterocycles. The lowest BCUT2D eigenvalue weighted by Crippen LogP contribution is -2.16. The summed E-state index contributed by atoms with van der Waals surface area (Å²) in [6, 6.07) is 15.9. The molecule has 0 radical (unpaired) electrons. The van der Waals surface area contributed by atoms with E-state index in [-0.39, 0.29) is 18.2 Å². The highest BCUT2D eigenvalue weighted by Gasteiger charge is 2.23. The minimum Gasteiger partial charge on any atom is -0.489 e. The van der Waals surface area contributed by atoms with Crippen LogP contribution in [0.5, 0.6) is 5.75 Å². The van der Waals surface area contributed by atoms with Crippen LogP contribution in [0, 0.1) is 34.6 Å². The Balaban J connectivity index is 1.51. The molecule has 4 rings (SSSR count). The summed E-state index contributed by atoms with van der Waals surface area (Å²) in [6.45, 7) is 10.5. The molecule has 0 aliphatic carbocycles. The number of ether oxygens (including phenoxy) is 1. The number of nitrogens with one attached hydrogen (secondary N) is 1. The van der Waals surface area contributed by atoms with Gasteiger partial charge in [-0.05, 0) is 57.9 Å². The molecule has 0 aliphatic heterocycles. The lowest BCUT2D eigenvalue weighted by molar-refractivity contribution is 0.101. The molecule has 1 N–H and O–H groups in total. The number of aryl methyl sites for hydroxylation is 4. The zero-order valence-electron chi connectivity index (χ0n) is 19.6. The first-order chi connectivity index (χ1) is 15.8. The summed E-state index contributed by atoms with van der Waals surface area (Å²) in [5, 5.41) is 11.6. The molecule has 0 bridgehead atoms. The van der Waals surface area contributed by atoms with Crippen molar-refractivity contribution in [3.8, 4) is 5.75 Å². The lowest BCUT2D eigenvalue weighted by Gasteiger charge is -2.09. The molecule has 0 atom stereocenters. The Morgan fingerprint density at radius 3 is 2.48 bits per heavy atom. The molecule has 1 amide bonds. The smallest absolute Gasteiger partial charge is 0.278 e. The second kappa shape index (κ2) is 9.32. The van der Waals surface area contributed by atoms with Gasteiger partial charge in [0, 0.05) is 0 Å². The van der Waals surface area contributed by atoms with Crippen molar-refractivity contribution in [3.63, 3.8) is 0 Å². The fourth-order valence-electron chi connectivity index (χ4n) is 3.68. The maximum absolute atomic E-state index is 13.1. The standard InChI is InChI=1S/C26H28N4O3/c1-16-10-12-22(13-11-16)32-15-23-20(5)33-29-25(23)26(31)27-24-18(3)28-30(19(24)4)14-21-9-7-6-8-17(21)2/h6-13H,14-15H2,1-5H3,(H,27,31). The molecule has 0 fully saturated rings. The molecule has 170 valence electrons. The average molecular weight is 445 g/mol. The molecular weight excluding hydrogens is 416 g/mol. The van der Waals surface area contributed by atoms with E-state index in [0.29, 0.717) is 23.6 Å². The molecule has 2 aromatic carbocycles. The van der Waals surface area contributed by atoms with Gasteiger partial charge in [0.05, 0.1) is 29.2 Å². The van der Waals surface area contributed by atoms with Crippen molar-refractivity contribution in [2.24, 2.45) is 0 Å². The van der Waals surface area contributed by atoms with Crippen LogP contribution in [-0.2, 0) is 13.2 Å². The highest BCUT2D eigenvalue weighted by atomic mass is 16.5. The van der Waals surface area contributed by atoms with Crippen LogP contribution in [-0.4, -0.2) is 20.8 Å². The largest absolute Gasteiger partial charge is 0.489 e. The molecule has 2 heterocycles. The van der Waals surface area contributed by atoms with Crippen molar-refractivity contribution < 1.29 is 14.1 Å². The maximum atomic E-state index is 13.1. The van der Waals surface area contributed by atoms with Gasteiger partial charge in [-0.1, -0.05) is 47.1 Å². The second-order valence-corrected chi connectivity index (χ2v) is 8.25. The zero-order chi connectivity index (χ0) is 23.5. The lowest BCUT2D eigenvalue weighted by atomic mass is 10.1. The van der Waals surface area contributed by atoms with Gasteiger partial charge >= 0.3 is 0 Å². The first kappa shape index (κ1) is 22.3. The first-order valence-electron chi connectivity index (χ1n) is 10.9. The Morgan fingerprint density at radius 2 is 1.76 bits per heavy atom. The van der Waals surface area contributed by atoms with Gasteiger partial charge < -0.3 is 14.6 Å². The highest BCUT2D eigenvalue weighted by Crippen LogP contribution is 2.24. The molecule has 7 heteroatoms. The normalized spacial score (nSPS) is 10.9. The van der Waals surface area contributed by atoms with Gasteiger partial charge in [-0.2, -0.15) is 5.10 Å². The van der Waals surface area contributed by atoms with E-state index in [1.165, 1.54) is 11.1 Å². The Labute approximate surface area is 193 Å². The van der Waals surface area contributed by atoms with Crippen LogP contribution in [0.25, 0.3) is 0 Å². The minimum atomic E-state index is -0.351. The van der Waals surface area contributed by atoms with Crippen LogP contribution in [0.2, 0.25) is 0 Å². The second-order valence-electron chi connectivity index (χ2n) is 8.25. The topological polar surface area (TPSA) is 82.2 Å². The number of carbonyl (C=O) groups excluding carboxylic acids is 1. The summed E-state index contributed by atoms with van der Waals surface area (Å²) in [4.78, 5) is 13.1. The van der Waals surface area contributed by atoms with Gasteiger partial charge in [-0.3, -0.25) is 9.48 Å². The predicted octanol–water partition coefficient (Wildman–Crippen LogP) is 5.29. The van der Waals surface area contributed by atoms with Crippen molar-refractivity contribution >= 4 is 11.6 Å². The summed E-state index contributed by atoms with van der Waals surface area (Å²) in [6.07, 6.45) is 0. The molecule has 7 nitrogen and oxygen atoms in total.